The third-order valence-electron chi connectivity index (χ3n) is 5.58. The van der Waals surface area contributed by atoms with Crippen molar-refractivity contribution in [3.8, 4) is 17.6 Å². The zero-order valence-corrected chi connectivity index (χ0v) is 19.5. The van der Waals surface area contributed by atoms with Gasteiger partial charge in [-0.3, -0.25) is 4.79 Å². The molecule has 5 nitrogen and oxygen atoms in total. The largest absolute Gasteiger partial charge is 0.493 e. The lowest BCUT2D eigenvalue weighted by atomic mass is 9.88. The summed E-state index contributed by atoms with van der Waals surface area (Å²) in [6, 6.07) is 14.7. The van der Waals surface area contributed by atoms with Crippen LogP contribution in [0, 0.1) is 17.2 Å². The maximum absolute atomic E-state index is 12.9. The van der Waals surface area contributed by atoms with Crippen molar-refractivity contribution in [1.82, 2.24) is 0 Å². The van der Waals surface area contributed by atoms with E-state index in [-0.39, 0.29) is 5.91 Å². The van der Waals surface area contributed by atoms with E-state index in [1.165, 1.54) is 23.3 Å². The Morgan fingerprint density at radius 3 is 2.75 bits per heavy atom. The lowest BCUT2D eigenvalue weighted by molar-refractivity contribution is 0.102. The van der Waals surface area contributed by atoms with Crippen molar-refractivity contribution in [3.63, 3.8) is 0 Å². The van der Waals surface area contributed by atoms with Crippen molar-refractivity contribution < 1.29 is 14.3 Å². The van der Waals surface area contributed by atoms with Gasteiger partial charge in [0, 0.05) is 15.5 Å². The molecule has 4 rings (SSSR count). The Bertz CT molecular complexity index is 1180. The van der Waals surface area contributed by atoms with Crippen molar-refractivity contribution in [2.24, 2.45) is 5.92 Å². The number of carbonyl (C=O) groups is 1. The number of halogens is 1. The van der Waals surface area contributed by atoms with Crippen molar-refractivity contribution in [3.05, 3.63) is 74.6 Å². The minimum Gasteiger partial charge on any atom is -0.493 e. The SMILES string of the molecule is COc1cc(C(=O)Nc2sc3c(c2C#N)CC[C@@H](C)C3)ccc1OCc1ccc(Cl)cc1. The first kappa shape index (κ1) is 22.2. The number of amides is 1. The molecular formula is C25H23ClN2O3S. The summed E-state index contributed by atoms with van der Waals surface area (Å²) < 4.78 is 11.3. The molecule has 32 heavy (non-hydrogen) atoms. The van der Waals surface area contributed by atoms with E-state index in [4.69, 9.17) is 21.1 Å². The minimum absolute atomic E-state index is 0.282. The Balaban J connectivity index is 1.50. The lowest BCUT2D eigenvalue weighted by Gasteiger charge is -2.17. The fourth-order valence-corrected chi connectivity index (χ4v) is 5.28. The topological polar surface area (TPSA) is 71.3 Å². The average molecular weight is 467 g/mol. The van der Waals surface area contributed by atoms with E-state index in [0.29, 0.717) is 45.2 Å². The molecule has 0 radical (unpaired) electrons. The van der Waals surface area contributed by atoms with Crippen LogP contribution in [0.1, 0.15) is 45.3 Å². The number of rotatable bonds is 6. The number of anilines is 1. The molecule has 2 aromatic carbocycles. The molecule has 3 aromatic rings. The van der Waals surface area contributed by atoms with Crippen LogP contribution in [-0.4, -0.2) is 13.0 Å². The Labute approximate surface area is 196 Å². The first-order valence-corrected chi connectivity index (χ1v) is 11.6. The zero-order valence-electron chi connectivity index (χ0n) is 17.9. The Kier molecular flexibility index (Phi) is 6.69. The van der Waals surface area contributed by atoms with Crippen LogP contribution in [0.5, 0.6) is 11.5 Å². The molecule has 0 unspecified atom stereocenters. The molecule has 1 aromatic heterocycles. The minimum atomic E-state index is -0.282. The fourth-order valence-electron chi connectivity index (χ4n) is 3.80. The van der Waals surface area contributed by atoms with Gasteiger partial charge in [-0.2, -0.15) is 5.26 Å². The summed E-state index contributed by atoms with van der Waals surface area (Å²) in [5, 5.41) is 13.9. The first-order valence-electron chi connectivity index (χ1n) is 10.4. The highest BCUT2D eigenvalue weighted by atomic mass is 35.5. The standard InChI is InChI=1S/C25H23ClN2O3S/c1-15-3-9-19-20(13-27)25(32-23(19)11-15)28-24(29)17-6-10-21(22(12-17)30-2)31-14-16-4-7-18(26)8-5-16/h4-8,10,12,15H,3,9,11,14H2,1-2H3,(H,28,29)/t15-/m1/s1. The Morgan fingerprint density at radius 2 is 2.03 bits per heavy atom. The molecule has 0 saturated carbocycles. The van der Waals surface area contributed by atoms with Crippen molar-refractivity contribution in [2.75, 3.05) is 12.4 Å². The van der Waals surface area contributed by atoms with Crippen molar-refractivity contribution >= 4 is 33.8 Å². The van der Waals surface area contributed by atoms with E-state index in [2.05, 4.69) is 18.3 Å². The fraction of sp³-hybridized carbons (Fsp3) is 0.280. The van der Waals surface area contributed by atoms with E-state index < -0.39 is 0 Å². The van der Waals surface area contributed by atoms with E-state index in [0.717, 1.165) is 30.4 Å². The number of carbonyl (C=O) groups excluding carboxylic acids is 1. The summed E-state index contributed by atoms with van der Waals surface area (Å²) in [5.41, 5.74) is 3.09. The number of hydrogen-bond acceptors (Lipinski definition) is 5. The van der Waals surface area contributed by atoms with Crippen LogP contribution in [0.25, 0.3) is 0 Å². The smallest absolute Gasteiger partial charge is 0.256 e. The summed E-state index contributed by atoms with van der Waals surface area (Å²) in [6.45, 7) is 2.57. The summed E-state index contributed by atoms with van der Waals surface area (Å²) in [6.07, 6.45) is 2.91. The monoisotopic (exact) mass is 466 g/mol. The number of hydrogen-bond donors (Lipinski definition) is 1. The molecule has 0 aliphatic heterocycles. The van der Waals surface area contributed by atoms with Gasteiger partial charge in [0.2, 0.25) is 0 Å². The number of fused-ring (bicyclic) bond motifs is 1. The van der Waals surface area contributed by atoms with Gasteiger partial charge in [0.05, 0.1) is 12.7 Å². The van der Waals surface area contributed by atoms with Crippen LogP contribution in [0.4, 0.5) is 5.00 Å². The molecule has 0 bridgehead atoms. The third kappa shape index (κ3) is 4.74. The molecule has 1 N–H and O–H groups in total. The molecule has 164 valence electrons. The summed E-state index contributed by atoms with van der Waals surface area (Å²) in [4.78, 5) is 14.1. The van der Waals surface area contributed by atoms with Gasteiger partial charge < -0.3 is 14.8 Å². The number of methoxy groups -OCH3 is 1. The molecule has 1 aliphatic carbocycles. The molecule has 7 heteroatoms. The summed E-state index contributed by atoms with van der Waals surface area (Å²) in [7, 11) is 1.54. The van der Waals surface area contributed by atoms with E-state index in [9.17, 15) is 10.1 Å². The normalized spacial score (nSPS) is 14.9. The van der Waals surface area contributed by atoms with Gasteiger partial charge in [-0.15, -0.1) is 11.3 Å². The number of ether oxygens (including phenoxy) is 2. The van der Waals surface area contributed by atoms with Gasteiger partial charge in [-0.05, 0) is 66.6 Å². The van der Waals surface area contributed by atoms with Gasteiger partial charge in [0.1, 0.15) is 17.7 Å². The van der Waals surface area contributed by atoms with Crippen molar-refractivity contribution in [2.45, 2.75) is 32.8 Å². The highest BCUT2D eigenvalue weighted by Crippen LogP contribution is 2.39. The number of benzene rings is 2. The number of nitriles is 1. The Morgan fingerprint density at radius 1 is 1.25 bits per heavy atom. The van der Waals surface area contributed by atoms with E-state index in [1.54, 1.807) is 18.2 Å². The van der Waals surface area contributed by atoms with Gasteiger partial charge in [0.15, 0.2) is 11.5 Å². The van der Waals surface area contributed by atoms with E-state index in [1.807, 2.05) is 24.3 Å². The van der Waals surface area contributed by atoms with Crippen molar-refractivity contribution in [1.29, 1.82) is 5.26 Å². The second kappa shape index (κ2) is 9.64. The molecule has 0 spiro atoms. The number of thiophene rings is 1. The molecule has 0 fully saturated rings. The van der Waals surface area contributed by atoms with E-state index >= 15 is 0 Å². The predicted octanol–water partition coefficient (Wildman–Crippen LogP) is 6.24. The van der Waals surface area contributed by atoms with Crippen LogP contribution >= 0.6 is 22.9 Å². The highest BCUT2D eigenvalue weighted by molar-refractivity contribution is 7.16. The van der Waals surface area contributed by atoms with Crippen LogP contribution < -0.4 is 14.8 Å². The van der Waals surface area contributed by atoms with Gasteiger partial charge in [-0.1, -0.05) is 30.7 Å². The third-order valence-corrected chi connectivity index (χ3v) is 7.01. The maximum atomic E-state index is 12.9. The second-order valence-corrected chi connectivity index (χ2v) is 9.44. The second-order valence-electron chi connectivity index (χ2n) is 7.90. The summed E-state index contributed by atoms with van der Waals surface area (Å²) >= 11 is 7.43. The Hall–Kier alpha value is -3.01. The first-order chi connectivity index (χ1) is 15.5. The maximum Gasteiger partial charge on any atom is 0.256 e. The van der Waals surface area contributed by atoms with Crippen LogP contribution in [0.3, 0.4) is 0 Å². The molecule has 1 aliphatic rings. The van der Waals surface area contributed by atoms with Gasteiger partial charge in [0.25, 0.3) is 5.91 Å². The molecule has 1 heterocycles. The molecular weight excluding hydrogens is 444 g/mol. The quantitative estimate of drug-likeness (QED) is 0.466. The van der Waals surface area contributed by atoms with Gasteiger partial charge >= 0.3 is 0 Å². The molecule has 1 amide bonds. The van der Waals surface area contributed by atoms with Crippen LogP contribution in [0.15, 0.2) is 42.5 Å². The number of nitrogens with zero attached hydrogens (tertiary/aromatic N) is 1. The molecule has 1 atom stereocenters. The van der Waals surface area contributed by atoms with Crippen LogP contribution in [0.2, 0.25) is 5.02 Å². The molecule has 0 saturated heterocycles. The summed E-state index contributed by atoms with van der Waals surface area (Å²) in [5.74, 6) is 1.32. The lowest BCUT2D eigenvalue weighted by Crippen LogP contribution is -2.12. The van der Waals surface area contributed by atoms with Gasteiger partial charge in [-0.25, -0.2) is 0 Å². The number of nitrogens with one attached hydrogen (secondary N) is 1. The zero-order chi connectivity index (χ0) is 22.7. The highest BCUT2D eigenvalue weighted by Gasteiger charge is 2.25. The predicted molar refractivity (Wildman–Crippen MR) is 127 cm³/mol. The van der Waals surface area contributed by atoms with Crippen LogP contribution in [-0.2, 0) is 19.4 Å². The average Bonchev–Trinajstić information content (AvgIpc) is 3.14.